The Morgan fingerprint density at radius 2 is 1.88 bits per heavy atom. The number of amides is 1. The molecule has 1 amide bonds. The highest BCUT2D eigenvalue weighted by Crippen LogP contribution is 2.06. The van der Waals surface area contributed by atoms with Gasteiger partial charge in [0.1, 0.15) is 5.60 Å². The molecular weight excluding hydrogens is 212 g/mol. The predicted octanol–water partition coefficient (Wildman–Crippen LogP) is 0.620. The molecule has 2 N–H and O–H groups in total. The van der Waals surface area contributed by atoms with Crippen LogP contribution in [0.5, 0.6) is 0 Å². The van der Waals surface area contributed by atoms with E-state index in [-0.39, 0.29) is 12.7 Å². The molecule has 6 heteroatoms. The third kappa shape index (κ3) is 8.05. The summed E-state index contributed by atoms with van der Waals surface area (Å²) in [5.74, 6) is -0.391. The van der Waals surface area contributed by atoms with Crippen molar-refractivity contribution in [1.29, 1.82) is 0 Å². The Morgan fingerprint density at radius 3 is 2.31 bits per heavy atom. The molecule has 0 heterocycles. The standard InChI is InChI=1S/C10H20N2O4/c1-7(11-6-8(13)15-5)12-9(14)16-10(2,3)4/h7,11H,6H2,1-5H3,(H,12,14). The number of hydrogen-bond acceptors (Lipinski definition) is 5. The van der Waals surface area contributed by atoms with Gasteiger partial charge in [0.15, 0.2) is 0 Å². The van der Waals surface area contributed by atoms with Crippen LogP contribution < -0.4 is 10.6 Å². The minimum atomic E-state index is -0.536. The second-order valence-electron chi connectivity index (χ2n) is 4.32. The maximum absolute atomic E-state index is 11.3. The maximum Gasteiger partial charge on any atom is 0.408 e. The summed E-state index contributed by atoms with van der Waals surface area (Å²) >= 11 is 0. The van der Waals surface area contributed by atoms with Crippen molar-refractivity contribution in [3.63, 3.8) is 0 Å². The van der Waals surface area contributed by atoms with Crippen molar-refractivity contribution in [3.8, 4) is 0 Å². The zero-order valence-corrected chi connectivity index (χ0v) is 10.4. The fourth-order valence-electron chi connectivity index (χ4n) is 0.844. The largest absolute Gasteiger partial charge is 0.468 e. The smallest absolute Gasteiger partial charge is 0.408 e. The van der Waals surface area contributed by atoms with E-state index >= 15 is 0 Å². The Bertz CT molecular complexity index is 248. The molecule has 0 aliphatic heterocycles. The van der Waals surface area contributed by atoms with Gasteiger partial charge in [-0.05, 0) is 27.7 Å². The number of alkyl carbamates (subject to hydrolysis) is 1. The normalized spacial score (nSPS) is 12.8. The van der Waals surface area contributed by atoms with E-state index in [4.69, 9.17) is 4.74 Å². The third-order valence-electron chi connectivity index (χ3n) is 1.51. The number of ether oxygens (including phenoxy) is 2. The van der Waals surface area contributed by atoms with Gasteiger partial charge in [0.05, 0.1) is 19.8 Å². The molecule has 1 unspecified atom stereocenters. The average Bonchev–Trinajstić information content (AvgIpc) is 2.10. The van der Waals surface area contributed by atoms with Crippen molar-refractivity contribution in [2.45, 2.75) is 39.5 Å². The molecule has 0 aromatic carbocycles. The summed E-state index contributed by atoms with van der Waals surface area (Å²) in [4.78, 5) is 22.1. The quantitative estimate of drug-likeness (QED) is 0.549. The number of carbonyl (C=O) groups excluding carboxylic acids is 2. The van der Waals surface area contributed by atoms with Gasteiger partial charge in [-0.2, -0.15) is 0 Å². The lowest BCUT2D eigenvalue weighted by Gasteiger charge is -2.22. The first-order valence-corrected chi connectivity index (χ1v) is 5.04. The van der Waals surface area contributed by atoms with Gasteiger partial charge in [0.25, 0.3) is 0 Å². The van der Waals surface area contributed by atoms with Gasteiger partial charge in [-0.25, -0.2) is 4.79 Å². The molecule has 6 nitrogen and oxygen atoms in total. The van der Waals surface area contributed by atoms with E-state index in [1.807, 2.05) is 0 Å². The van der Waals surface area contributed by atoms with E-state index < -0.39 is 17.7 Å². The molecule has 0 bridgehead atoms. The second kappa shape index (κ2) is 6.32. The summed E-state index contributed by atoms with van der Waals surface area (Å²) in [7, 11) is 1.30. The molecule has 0 rings (SSSR count). The van der Waals surface area contributed by atoms with Crippen molar-refractivity contribution in [1.82, 2.24) is 10.6 Å². The summed E-state index contributed by atoms with van der Waals surface area (Å²) < 4.78 is 9.48. The van der Waals surface area contributed by atoms with Crippen LogP contribution in [0.25, 0.3) is 0 Å². The Kier molecular flexibility index (Phi) is 5.81. The second-order valence-corrected chi connectivity index (χ2v) is 4.32. The zero-order valence-electron chi connectivity index (χ0n) is 10.4. The number of methoxy groups -OCH3 is 1. The highest BCUT2D eigenvalue weighted by Gasteiger charge is 2.17. The van der Waals surface area contributed by atoms with Crippen LogP contribution in [0.1, 0.15) is 27.7 Å². The van der Waals surface area contributed by atoms with Crippen LogP contribution in [0.3, 0.4) is 0 Å². The molecule has 16 heavy (non-hydrogen) atoms. The summed E-state index contributed by atoms with van der Waals surface area (Å²) in [5.41, 5.74) is -0.536. The first-order chi connectivity index (χ1) is 7.24. The molecule has 1 atom stereocenters. The summed E-state index contributed by atoms with van der Waals surface area (Å²) in [5, 5.41) is 5.30. The first kappa shape index (κ1) is 14.7. The highest BCUT2D eigenvalue weighted by atomic mass is 16.6. The van der Waals surface area contributed by atoms with Crippen LogP contribution in [0.2, 0.25) is 0 Å². The van der Waals surface area contributed by atoms with Crippen LogP contribution in [-0.4, -0.2) is 37.5 Å². The van der Waals surface area contributed by atoms with Crippen molar-refractivity contribution < 1.29 is 19.1 Å². The monoisotopic (exact) mass is 232 g/mol. The van der Waals surface area contributed by atoms with Crippen molar-refractivity contribution in [3.05, 3.63) is 0 Å². The van der Waals surface area contributed by atoms with Gasteiger partial charge >= 0.3 is 12.1 Å². The lowest BCUT2D eigenvalue weighted by molar-refractivity contribution is -0.139. The lowest BCUT2D eigenvalue weighted by atomic mass is 10.2. The van der Waals surface area contributed by atoms with Gasteiger partial charge in [-0.15, -0.1) is 0 Å². The SMILES string of the molecule is COC(=O)CNC(C)NC(=O)OC(C)(C)C. The minimum Gasteiger partial charge on any atom is -0.468 e. The van der Waals surface area contributed by atoms with E-state index in [2.05, 4.69) is 15.4 Å². The van der Waals surface area contributed by atoms with Crippen LogP contribution in [-0.2, 0) is 14.3 Å². The minimum absolute atomic E-state index is 0.0352. The number of hydrogen-bond donors (Lipinski definition) is 2. The molecule has 0 saturated carbocycles. The summed E-state index contributed by atoms with van der Waals surface area (Å²) in [6.07, 6.45) is -0.897. The molecule has 94 valence electrons. The van der Waals surface area contributed by atoms with Gasteiger partial charge in [-0.3, -0.25) is 10.1 Å². The predicted molar refractivity (Wildman–Crippen MR) is 58.9 cm³/mol. The summed E-state index contributed by atoms with van der Waals surface area (Å²) in [6.45, 7) is 7.07. The van der Waals surface area contributed by atoms with E-state index in [1.165, 1.54) is 7.11 Å². The summed E-state index contributed by atoms with van der Waals surface area (Å²) in [6, 6.07) is 0. The van der Waals surface area contributed by atoms with Gasteiger partial charge in [-0.1, -0.05) is 0 Å². The topological polar surface area (TPSA) is 76.7 Å². The van der Waals surface area contributed by atoms with Crippen molar-refractivity contribution in [2.24, 2.45) is 0 Å². The Hall–Kier alpha value is -1.30. The highest BCUT2D eigenvalue weighted by molar-refractivity contribution is 5.71. The molecule has 0 aromatic rings. The molecule has 0 aliphatic rings. The molecule has 0 radical (unpaired) electrons. The van der Waals surface area contributed by atoms with Crippen molar-refractivity contribution in [2.75, 3.05) is 13.7 Å². The van der Waals surface area contributed by atoms with Crippen LogP contribution in [0, 0.1) is 0 Å². The first-order valence-electron chi connectivity index (χ1n) is 5.04. The molecule has 0 fully saturated rings. The molecular formula is C10H20N2O4. The third-order valence-corrected chi connectivity index (χ3v) is 1.51. The number of rotatable bonds is 4. The fourth-order valence-corrected chi connectivity index (χ4v) is 0.844. The maximum atomic E-state index is 11.3. The molecule has 0 aliphatic carbocycles. The zero-order chi connectivity index (χ0) is 12.8. The van der Waals surface area contributed by atoms with Crippen molar-refractivity contribution >= 4 is 12.1 Å². The Balaban J connectivity index is 3.83. The van der Waals surface area contributed by atoms with Gasteiger partial charge in [0.2, 0.25) is 0 Å². The van der Waals surface area contributed by atoms with Crippen LogP contribution in [0.4, 0.5) is 4.79 Å². The Labute approximate surface area is 95.7 Å². The molecule has 0 aromatic heterocycles. The Morgan fingerprint density at radius 1 is 1.31 bits per heavy atom. The van der Waals surface area contributed by atoms with Gasteiger partial charge < -0.3 is 14.8 Å². The van der Waals surface area contributed by atoms with E-state index in [0.717, 1.165) is 0 Å². The average molecular weight is 232 g/mol. The van der Waals surface area contributed by atoms with E-state index in [1.54, 1.807) is 27.7 Å². The number of nitrogens with one attached hydrogen (secondary N) is 2. The van der Waals surface area contributed by atoms with E-state index in [0.29, 0.717) is 0 Å². The fraction of sp³-hybridized carbons (Fsp3) is 0.800. The van der Waals surface area contributed by atoms with E-state index in [9.17, 15) is 9.59 Å². The molecule has 0 spiro atoms. The van der Waals surface area contributed by atoms with Crippen LogP contribution in [0.15, 0.2) is 0 Å². The lowest BCUT2D eigenvalue weighted by Crippen LogP contribution is -2.46. The van der Waals surface area contributed by atoms with Crippen LogP contribution >= 0.6 is 0 Å². The molecule has 0 saturated heterocycles. The number of esters is 1. The number of carbonyl (C=O) groups is 2. The van der Waals surface area contributed by atoms with Gasteiger partial charge in [0, 0.05) is 0 Å².